The Morgan fingerprint density at radius 2 is 1.71 bits per heavy atom. The van der Waals surface area contributed by atoms with Crippen LogP contribution in [0.1, 0.15) is 17.3 Å². The molecule has 21 heavy (non-hydrogen) atoms. The summed E-state index contributed by atoms with van der Waals surface area (Å²) in [5.41, 5.74) is 1.00. The molecule has 0 aliphatic rings. The maximum Gasteiger partial charge on any atom is 0.255 e. The highest BCUT2D eigenvalue weighted by molar-refractivity contribution is 7.89. The Balaban J connectivity index is 2.12. The lowest BCUT2D eigenvalue weighted by atomic mass is 10.2. The Hall–Kier alpha value is -2.25. The van der Waals surface area contributed by atoms with Gasteiger partial charge in [-0.3, -0.25) is 9.78 Å². The number of carbonyl (C=O) groups excluding carboxylic acids is 1. The number of amides is 1. The summed E-state index contributed by atoms with van der Waals surface area (Å²) in [7, 11) is -3.48. The summed E-state index contributed by atoms with van der Waals surface area (Å²) in [6.07, 6.45) is 3.06. The summed E-state index contributed by atoms with van der Waals surface area (Å²) in [6, 6.07) is 9.17. The topological polar surface area (TPSA) is 88.2 Å². The molecule has 0 radical (unpaired) electrons. The van der Waals surface area contributed by atoms with Gasteiger partial charge >= 0.3 is 0 Å². The lowest BCUT2D eigenvalue weighted by Gasteiger charge is -2.07. The highest BCUT2D eigenvalue weighted by atomic mass is 32.2. The van der Waals surface area contributed by atoms with Gasteiger partial charge in [0.1, 0.15) is 0 Å². The van der Waals surface area contributed by atoms with E-state index in [1.807, 2.05) is 0 Å². The molecular formula is C14H15N3O3S. The van der Waals surface area contributed by atoms with Crippen LogP contribution in [-0.4, -0.2) is 25.9 Å². The van der Waals surface area contributed by atoms with Gasteiger partial charge in [-0.2, -0.15) is 0 Å². The number of nitrogens with one attached hydrogen (secondary N) is 2. The van der Waals surface area contributed by atoms with Crippen LogP contribution in [0, 0.1) is 0 Å². The summed E-state index contributed by atoms with van der Waals surface area (Å²) >= 11 is 0. The van der Waals surface area contributed by atoms with Gasteiger partial charge in [0, 0.05) is 30.2 Å². The number of pyridine rings is 1. The minimum atomic E-state index is -3.48. The molecule has 1 aromatic carbocycles. The molecule has 0 atom stereocenters. The first-order valence-electron chi connectivity index (χ1n) is 6.34. The van der Waals surface area contributed by atoms with Crippen LogP contribution in [0.2, 0.25) is 0 Å². The fraction of sp³-hybridized carbons (Fsp3) is 0.143. The largest absolute Gasteiger partial charge is 0.322 e. The second-order valence-electron chi connectivity index (χ2n) is 4.22. The lowest BCUT2D eigenvalue weighted by molar-refractivity contribution is 0.102. The zero-order valence-corrected chi connectivity index (χ0v) is 12.2. The van der Waals surface area contributed by atoms with Crippen molar-refractivity contribution in [3.05, 3.63) is 54.4 Å². The zero-order chi connectivity index (χ0) is 15.3. The fourth-order valence-electron chi connectivity index (χ4n) is 1.70. The maximum atomic E-state index is 11.9. The van der Waals surface area contributed by atoms with Gasteiger partial charge in [0.15, 0.2) is 0 Å². The first kappa shape index (κ1) is 15.1. The number of anilines is 1. The molecule has 7 heteroatoms. The van der Waals surface area contributed by atoms with E-state index in [0.717, 1.165) is 0 Å². The van der Waals surface area contributed by atoms with E-state index in [1.54, 1.807) is 31.2 Å². The molecule has 2 aromatic rings. The maximum absolute atomic E-state index is 11.9. The summed E-state index contributed by atoms with van der Waals surface area (Å²) in [5, 5.41) is 2.69. The Morgan fingerprint density at radius 3 is 2.29 bits per heavy atom. The van der Waals surface area contributed by atoms with Gasteiger partial charge in [-0.15, -0.1) is 0 Å². The average Bonchev–Trinajstić information content (AvgIpc) is 2.48. The second kappa shape index (κ2) is 6.47. The summed E-state index contributed by atoms with van der Waals surface area (Å²) in [5.74, 6) is -0.278. The van der Waals surface area contributed by atoms with Gasteiger partial charge in [0.25, 0.3) is 5.91 Å². The number of hydrogen-bond acceptors (Lipinski definition) is 4. The third-order valence-corrected chi connectivity index (χ3v) is 4.26. The van der Waals surface area contributed by atoms with Crippen LogP contribution in [-0.2, 0) is 10.0 Å². The number of rotatable bonds is 5. The van der Waals surface area contributed by atoms with E-state index in [1.165, 1.54) is 24.5 Å². The molecule has 0 saturated heterocycles. The van der Waals surface area contributed by atoms with Crippen LogP contribution in [0.3, 0.4) is 0 Å². The van der Waals surface area contributed by atoms with Crippen molar-refractivity contribution < 1.29 is 13.2 Å². The minimum absolute atomic E-state index is 0.159. The van der Waals surface area contributed by atoms with Crippen molar-refractivity contribution in [2.75, 3.05) is 11.9 Å². The fourth-order valence-corrected chi connectivity index (χ4v) is 2.74. The van der Waals surface area contributed by atoms with E-state index in [2.05, 4.69) is 15.0 Å². The van der Waals surface area contributed by atoms with Gasteiger partial charge in [-0.1, -0.05) is 6.92 Å². The number of hydrogen-bond donors (Lipinski definition) is 2. The molecule has 6 nitrogen and oxygen atoms in total. The van der Waals surface area contributed by atoms with Gasteiger partial charge in [-0.05, 0) is 36.4 Å². The lowest BCUT2D eigenvalue weighted by Crippen LogP contribution is -2.23. The van der Waals surface area contributed by atoms with Crippen molar-refractivity contribution in [1.82, 2.24) is 9.71 Å². The van der Waals surface area contributed by atoms with Gasteiger partial charge in [0.2, 0.25) is 10.0 Å². The van der Waals surface area contributed by atoms with E-state index in [0.29, 0.717) is 17.8 Å². The van der Waals surface area contributed by atoms with Crippen LogP contribution in [0.25, 0.3) is 0 Å². The van der Waals surface area contributed by atoms with Crippen LogP contribution in [0.15, 0.2) is 53.7 Å². The first-order valence-corrected chi connectivity index (χ1v) is 7.82. The highest BCUT2D eigenvalue weighted by Gasteiger charge is 2.12. The van der Waals surface area contributed by atoms with Crippen molar-refractivity contribution in [3.8, 4) is 0 Å². The van der Waals surface area contributed by atoms with Crippen LogP contribution in [0.5, 0.6) is 0 Å². The number of aromatic nitrogens is 1. The van der Waals surface area contributed by atoms with Crippen LogP contribution >= 0.6 is 0 Å². The number of carbonyl (C=O) groups is 1. The Kier molecular flexibility index (Phi) is 4.66. The smallest absolute Gasteiger partial charge is 0.255 e. The summed E-state index contributed by atoms with van der Waals surface area (Å²) in [6.45, 7) is 2.03. The Morgan fingerprint density at radius 1 is 1.10 bits per heavy atom. The van der Waals surface area contributed by atoms with Gasteiger partial charge in [-0.25, -0.2) is 13.1 Å². The van der Waals surface area contributed by atoms with Crippen molar-refractivity contribution >= 4 is 21.6 Å². The molecule has 1 amide bonds. The molecule has 0 unspecified atom stereocenters. The average molecular weight is 305 g/mol. The molecule has 0 bridgehead atoms. The third kappa shape index (κ3) is 3.87. The Labute approximate surface area is 123 Å². The van der Waals surface area contributed by atoms with Crippen molar-refractivity contribution in [2.45, 2.75) is 11.8 Å². The van der Waals surface area contributed by atoms with E-state index in [-0.39, 0.29) is 10.8 Å². The first-order chi connectivity index (χ1) is 10.0. The van der Waals surface area contributed by atoms with E-state index < -0.39 is 10.0 Å². The van der Waals surface area contributed by atoms with E-state index in [4.69, 9.17) is 0 Å². The van der Waals surface area contributed by atoms with Gasteiger partial charge in [0.05, 0.1) is 4.90 Å². The third-order valence-electron chi connectivity index (χ3n) is 2.70. The summed E-state index contributed by atoms with van der Waals surface area (Å²) < 4.78 is 26.0. The predicted octanol–water partition coefficient (Wildman–Crippen LogP) is 1.63. The monoisotopic (exact) mass is 305 g/mol. The molecule has 1 aromatic heterocycles. The SMILES string of the molecule is CCNS(=O)(=O)c1ccc(NC(=O)c2ccncc2)cc1. The van der Waals surface area contributed by atoms with Crippen LogP contribution in [0.4, 0.5) is 5.69 Å². The van der Waals surface area contributed by atoms with Crippen molar-refractivity contribution in [3.63, 3.8) is 0 Å². The summed E-state index contributed by atoms with van der Waals surface area (Å²) in [4.78, 5) is 15.9. The van der Waals surface area contributed by atoms with Crippen molar-refractivity contribution in [1.29, 1.82) is 0 Å². The molecule has 2 N–H and O–H groups in total. The molecular weight excluding hydrogens is 290 g/mol. The van der Waals surface area contributed by atoms with Crippen molar-refractivity contribution in [2.24, 2.45) is 0 Å². The van der Waals surface area contributed by atoms with E-state index >= 15 is 0 Å². The van der Waals surface area contributed by atoms with Crippen LogP contribution < -0.4 is 10.0 Å². The normalized spacial score (nSPS) is 11.1. The molecule has 0 spiro atoms. The molecule has 2 rings (SSSR count). The molecule has 110 valence electrons. The number of nitrogens with zero attached hydrogens (tertiary/aromatic N) is 1. The minimum Gasteiger partial charge on any atom is -0.322 e. The molecule has 0 aliphatic heterocycles. The Bertz CT molecular complexity index is 713. The molecule has 0 fully saturated rings. The highest BCUT2D eigenvalue weighted by Crippen LogP contribution is 2.14. The zero-order valence-electron chi connectivity index (χ0n) is 11.4. The van der Waals surface area contributed by atoms with E-state index in [9.17, 15) is 13.2 Å². The molecule has 1 heterocycles. The molecule has 0 saturated carbocycles. The standard InChI is InChI=1S/C14H15N3O3S/c1-2-16-21(19,20)13-5-3-12(4-6-13)17-14(18)11-7-9-15-10-8-11/h3-10,16H,2H2,1H3,(H,17,18). The predicted molar refractivity (Wildman–Crippen MR) is 79.5 cm³/mol. The second-order valence-corrected chi connectivity index (χ2v) is 5.98. The van der Waals surface area contributed by atoms with Gasteiger partial charge < -0.3 is 5.32 Å². The quantitative estimate of drug-likeness (QED) is 0.879. The number of sulfonamides is 1. The molecule has 0 aliphatic carbocycles. The number of benzene rings is 1.